The normalized spacial score (nSPS) is 14.5. The van der Waals surface area contributed by atoms with Crippen LogP contribution in [0.5, 0.6) is 0 Å². The summed E-state index contributed by atoms with van der Waals surface area (Å²) in [5.41, 5.74) is 2.43. The van der Waals surface area contributed by atoms with Crippen LogP contribution in [-0.2, 0) is 9.53 Å². The predicted octanol–water partition coefficient (Wildman–Crippen LogP) is 3.17. The zero-order valence-corrected chi connectivity index (χ0v) is 16.2. The lowest BCUT2D eigenvalue weighted by Gasteiger charge is -2.22. The topological polar surface area (TPSA) is 97.4 Å². The number of rotatable bonds is 4. The SMILES string of the molecule is Cc1nc2ccccc2c(C)c1C(=O)OCC(=O)NC(=O)NC1CCCCC1. The zero-order chi connectivity index (χ0) is 20.1. The van der Waals surface area contributed by atoms with Crippen molar-refractivity contribution in [2.75, 3.05) is 6.61 Å². The Bertz CT molecular complexity index is 904. The number of hydrogen-bond acceptors (Lipinski definition) is 5. The summed E-state index contributed by atoms with van der Waals surface area (Å²) in [5.74, 6) is -1.29. The van der Waals surface area contributed by atoms with Crippen LogP contribution in [0.2, 0.25) is 0 Å². The first-order valence-corrected chi connectivity index (χ1v) is 9.59. The molecule has 1 aliphatic carbocycles. The molecule has 2 N–H and O–H groups in total. The number of benzene rings is 1. The van der Waals surface area contributed by atoms with Gasteiger partial charge in [0.25, 0.3) is 5.91 Å². The fraction of sp³-hybridized carbons (Fsp3) is 0.429. The highest BCUT2D eigenvalue weighted by Crippen LogP contribution is 2.23. The molecule has 1 saturated carbocycles. The standard InChI is InChI=1S/C21H25N3O4/c1-13-16-10-6-7-11-17(16)22-14(2)19(13)20(26)28-12-18(25)24-21(27)23-15-8-4-3-5-9-15/h6-7,10-11,15H,3-5,8-9,12H2,1-2H3,(H2,23,24,25,27). The molecule has 1 aromatic heterocycles. The van der Waals surface area contributed by atoms with Gasteiger partial charge in [0.15, 0.2) is 6.61 Å². The fourth-order valence-corrected chi connectivity index (χ4v) is 3.67. The number of para-hydroxylation sites is 1. The van der Waals surface area contributed by atoms with Gasteiger partial charge in [0.1, 0.15) is 0 Å². The van der Waals surface area contributed by atoms with E-state index in [1.807, 2.05) is 31.2 Å². The number of imide groups is 1. The second-order valence-corrected chi connectivity index (χ2v) is 7.15. The van der Waals surface area contributed by atoms with Gasteiger partial charge in [-0.15, -0.1) is 0 Å². The Balaban J connectivity index is 1.57. The smallest absolute Gasteiger partial charge is 0.340 e. The third kappa shape index (κ3) is 4.65. The van der Waals surface area contributed by atoms with Crippen molar-refractivity contribution >= 4 is 28.8 Å². The first-order valence-electron chi connectivity index (χ1n) is 9.59. The van der Waals surface area contributed by atoms with Crippen LogP contribution in [0, 0.1) is 13.8 Å². The number of nitrogens with zero attached hydrogens (tertiary/aromatic N) is 1. The minimum atomic E-state index is -0.661. The molecule has 0 unspecified atom stereocenters. The number of ether oxygens (including phenoxy) is 1. The summed E-state index contributed by atoms with van der Waals surface area (Å²) in [5, 5.41) is 5.85. The number of aromatic nitrogens is 1. The average molecular weight is 383 g/mol. The van der Waals surface area contributed by atoms with Gasteiger partial charge in [-0.25, -0.2) is 9.59 Å². The molecule has 3 rings (SSSR count). The molecule has 0 spiro atoms. The number of amides is 3. The number of fused-ring (bicyclic) bond motifs is 1. The number of esters is 1. The van der Waals surface area contributed by atoms with Gasteiger partial charge in [0, 0.05) is 11.4 Å². The van der Waals surface area contributed by atoms with Crippen molar-refractivity contribution in [1.29, 1.82) is 0 Å². The average Bonchev–Trinajstić information content (AvgIpc) is 2.67. The molecule has 1 aliphatic rings. The number of nitrogens with one attached hydrogen (secondary N) is 2. The molecule has 0 radical (unpaired) electrons. The molecule has 0 aliphatic heterocycles. The highest BCUT2D eigenvalue weighted by atomic mass is 16.5. The molecule has 0 bridgehead atoms. The molecule has 1 heterocycles. The Hall–Kier alpha value is -2.96. The Labute approximate surface area is 163 Å². The Morgan fingerprint density at radius 3 is 2.57 bits per heavy atom. The highest BCUT2D eigenvalue weighted by molar-refractivity contribution is 6.00. The maximum Gasteiger partial charge on any atom is 0.340 e. The second kappa shape index (κ2) is 8.82. The lowest BCUT2D eigenvalue weighted by Crippen LogP contribution is -2.46. The summed E-state index contributed by atoms with van der Waals surface area (Å²) >= 11 is 0. The lowest BCUT2D eigenvalue weighted by atomic mass is 9.96. The molecule has 2 aromatic rings. The van der Waals surface area contributed by atoms with Crippen LogP contribution in [0.25, 0.3) is 10.9 Å². The van der Waals surface area contributed by atoms with E-state index in [0.29, 0.717) is 11.3 Å². The molecule has 1 aromatic carbocycles. The Morgan fingerprint density at radius 1 is 1.11 bits per heavy atom. The lowest BCUT2D eigenvalue weighted by molar-refractivity contribution is -0.123. The van der Waals surface area contributed by atoms with Crippen LogP contribution in [0.3, 0.4) is 0 Å². The summed E-state index contributed by atoms with van der Waals surface area (Å²) in [6.07, 6.45) is 5.18. The molecule has 7 nitrogen and oxygen atoms in total. The van der Waals surface area contributed by atoms with E-state index in [2.05, 4.69) is 15.6 Å². The van der Waals surface area contributed by atoms with Crippen molar-refractivity contribution in [3.8, 4) is 0 Å². The minimum Gasteiger partial charge on any atom is -0.452 e. The van der Waals surface area contributed by atoms with Gasteiger partial charge in [-0.2, -0.15) is 0 Å². The van der Waals surface area contributed by atoms with Crippen LogP contribution < -0.4 is 10.6 Å². The number of urea groups is 1. The molecule has 0 atom stereocenters. The van der Waals surface area contributed by atoms with Crippen molar-refractivity contribution in [1.82, 2.24) is 15.6 Å². The molecule has 1 fully saturated rings. The quantitative estimate of drug-likeness (QED) is 0.791. The number of aryl methyl sites for hydroxylation is 2. The van der Waals surface area contributed by atoms with E-state index in [4.69, 9.17) is 4.74 Å². The molecule has 3 amide bonds. The van der Waals surface area contributed by atoms with Crippen molar-refractivity contribution < 1.29 is 19.1 Å². The first-order chi connectivity index (χ1) is 13.5. The van der Waals surface area contributed by atoms with Gasteiger partial charge < -0.3 is 10.1 Å². The fourth-order valence-electron chi connectivity index (χ4n) is 3.67. The summed E-state index contributed by atoms with van der Waals surface area (Å²) < 4.78 is 5.12. The summed E-state index contributed by atoms with van der Waals surface area (Å²) in [7, 11) is 0. The van der Waals surface area contributed by atoms with Gasteiger partial charge in [-0.05, 0) is 38.3 Å². The Kier molecular flexibility index (Phi) is 6.23. The van der Waals surface area contributed by atoms with Crippen molar-refractivity contribution in [2.45, 2.75) is 52.0 Å². The van der Waals surface area contributed by atoms with E-state index in [1.165, 1.54) is 6.42 Å². The highest BCUT2D eigenvalue weighted by Gasteiger charge is 2.20. The third-order valence-corrected chi connectivity index (χ3v) is 5.06. The van der Waals surface area contributed by atoms with Gasteiger partial charge >= 0.3 is 12.0 Å². The van der Waals surface area contributed by atoms with E-state index in [0.717, 1.165) is 42.1 Å². The molecular weight excluding hydrogens is 358 g/mol. The van der Waals surface area contributed by atoms with Crippen LogP contribution >= 0.6 is 0 Å². The number of pyridine rings is 1. The van der Waals surface area contributed by atoms with Crippen LogP contribution in [0.1, 0.15) is 53.7 Å². The number of carbonyl (C=O) groups is 3. The maximum atomic E-state index is 12.5. The van der Waals surface area contributed by atoms with E-state index < -0.39 is 24.5 Å². The third-order valence-electron chi connectivity index (χ3n) is 5.06. The van der Waals surface area contributed by atoms with Crippen molar-refractivity contribution in [3.63, 3.8) is 0 Å². The monoisotopic (exact) mass is 383 g/mol. The molecule has 28 heavy (non-hydrogen) atoms. The Morgan fingerprint density at radius 2 is 1.82 bits per heavy atom. The largest absolute Gasteiger partial charge is 0.452 e. The molecule has 0 saturated heterocycles. The molecule has 148 valence electrons. The minimum absolute atomic E-state index is 0.0954. The van der Waals surface area contributed by atoms with Crippen LogP contribution in [-0.4, -0.2) is 35.5 Å². The van der Waals surface area contributed by atoms with Crippen LogP contribution in [0.15, 0.2) is 24.3 Å². The zero-order valence-electron chi connectivity index (χ0n) is 16.2. The van der Waals surface area contributed by atoms with Gasteiger partial charge in [0.2, 0.25) is 0 Å². The molecular formula is C21H25N3O4. The van der Waals surface area contributed by atoms with E-state index in [1.54, 1.807) is 6.92 Å². The summed E-state index contributed by atoms with van der Waals surface area (Å²) in [4.78, 5) is 40.8. The van der Waals surface area contributed by atoms with Crippen molar-refractivity contribution in [3.05, 3.63) is 41.1 Å². The van der Waals surface area contributed by atoms with E-state index >= 15 is 0 Å². The van der Waals surface area contributed by atoms with Crippen molar-refractivity contribution in [2.24, 2.45) is 0 Å². The van der Waals surface area contributed by atoms with Crippen LogP contribution in [0.4, 0.5) is 4.79 Å². The number of carbonyl (C=O) groups excluding carboxylic acids is 3. The van der Waals surface area contributed by atoms with E-state index in [-0.39, 0.29) is 6.04 Å². The predicted molar refractivity (Wildman–Crippen MR) is 105 cm³/mol. The summed E-state index contributed by atoms with van der Waals surface area (Å²) in [6, 6.07) is 7.07. The van der Waals surface area contributed by atoms with Gasteiger partial charge in [-0.1, -0.05) is 37.5 Å². The maximum absolute atomic E-state index is 12.5. The number of hydrogen-bond donors (Lipinski definition) is 2. The summed E-state index contributed by atoms with van der Waals surface area (Å²) in [6.45, 7) is 3.03. The van der Waals surface area contributed by atoms with Gasteiger partial charge in [0.05, 0.1) is 16.8 Å². The van der Waals surface area contributed by atoms with Gasteiger partial charge in [-0.3, -0.25) is 15.1 Å². The molecule has 7 heteroatoms. The first kappa shape index (κ1) is 19.8. The van der Waals surface area contributed by atoms with E-state index in [9.17, 15) is 14.4 Å². The second-order valence-electron chi connectivity index (χ2n) is 7.15.